The number of aromatic nitrogens is 4. The van der Waals surface area contributed by atoms with E-state index in [9.17, 15) is 31.1 Å². The van der Waals surface area contributed by atoms with E-state index in [0.717, 1.165) is 17.7 Å². The number of nitrogens with zero attached hydrogens (tertiary/aromatic N) is 5. The first-order valence-electron chi connectivity index (χ1n) is 10.9. The van der Waals surface area contributed by atoms with Crippen LogP contribution in [0.5, 0.6) is 5.88 Å². The van der Waals surface area contributed by atoms with E-state index in [1.165, 1.54) is 17.2 Å². The van der Waals surface area contributed by atoms with Crippen molar-refractivity contribution in [3.63, 3.8) is 0 Å². The molecule has 1 aliphatic heterocycles. The highest BCUT2D eigenvalue weighted by atomic mass is 32.1. The number of rotatable bonds is 7. The molecule has 198 valence electrons. The molecule has 15 heteroatoms. The lowest BCUT2D eigenvalue weighted by molar-refractivity contribution is -0.144. The van der Waals surface area contributed by atoms with Crippen LogP contribution in [0.25, 0.3) is 0 Å². The van der Waals surface area contributed by atoms with E-state index in [1.807, 2.05) is 0 Å². The number of pyridine rings is 1. The van der Waals surface area contributed by atoms with E-state index in [0.29, 0.717) is 28.9 Å². The standard InChI is InChI=1S/C22H20F6N6O2S/c1-12-19(16(37-33-12)6-14-8-30-17(9-29-14)22(26,27)28)20(35)32-13-2-3-18(31-7-13)36-15-4-5-34(10-15)11-21(23,24)25/h2-3,7-9,15H,4-6,10-11H2,1H3,(H,32,35)/t15-/m1/s1. The Balaban J connectivity index is 1.36. The zero-order valence-corrected chi connectivity index (χ0v) is 20.0. The first-order valence-corrected chi connectivity index (χ1v) is 11.7. The Bertz CT molecular complexity index is 1230. The molecule has 3 aromatic rings. The van der Waals surface area contributed by atoms with Gasteiger partial charge in [0.1, 0.15) is 6.10 Å². The summed E-state index contributed by atoms with van der Waals surface area (Å²) in [4.78, 5) is 26.0. The van der Waals surface area contributed by atoms with Gasteiger partial charge in [-0.05, 0) is 30.9 Å². The maximum atomic E-state index is 12.9. The molecule has 3 aromatic heterocycles. The number of halogens is 6. The summed E-state index contributed by atoms with van der Waals surface area (Å²) in [6, 6.07) is 3.04. The van der Waals surface area contributed by atoms with Gasteiger partial charge in [0, 0.05) is 36.7 Å². The van der Waals surface area contributed by atoms with Crippen LogP contribution in [0.4, 0.5) is 32.0 Å². The second-order valence-electron chi connectivity index (χ2n) is 8.35. The topological polar surface area (TPSA) is 93.1 Å². The number of carbonyl (C=O) groups is 1. The van der Waals surface area contributed by atoms with E-state index in [-0.39, 0.29) is 36.6 Å². The van der Waals surface area contributed by atoms with Crippen molar-refractivity contribution in [2.24, 2.45) is 0 Å². The average Bonchev–Trinajstić information content (AvgIpc) is 3.39. The fourth-order valence-corrected chi connectivity index (χ4v) is 4.65. The highest BCUT2D eigenvalue weighted by Gasteiger charge is 2.35. The zero-order chi connectivity index (χ0) is 26.8. The van der Waals surface area contributed by atoms with Crippen molar-refractivity contribution >= 4 is 23.1 Å². The molecule has 0 saturated carbocycles. The third-order valence-corrected chi connectivity index (χ3v) is 6.35. The molecule has 37 heavy (non-hydrogen) atoms. The molecule has 0 radical (unpaired) electrons. The number of amides is 1. The average molecular weight is 546 g/mol. The third-order valence-electron chi connectivity index (χ3n) is 5.41. The summed E-state index contributed by atoms with van der Waals surface area (Å²) < 4.78 is 85.6. The van der Waals surface area contributed by atoms with Crippen molar-refractivity contribution in [2.45, 2.75) is 38.2 Å². The van der Waals surface area contributed by atoms with Gasteiger partial charge >= 0.3 is 12.4 Å². The molecule has 1 saturated heterocycles. The van der Waals surface area contributed by atoms with Gasteiger partial charge in [0.25, 0.3) is 5.91 Å². The van der Waals surface area contributed by atoms with Gasteiger partial charge < -0.3 is 10.1 Å². The SMILES string of the molecule is Cc1nsc(Cc2cnc(C(F)(F)F)cn2)c1C(=O)Nc1ccc(O[C@@H]2CCN(CC(F)(F)F)C2)nc1. The molecular formula is C22H20F6N6O2S. The number of hydrogen-bond donors (Lipinski definition) is 1. The summed E-state index contributed by atoms with van der Waals surface area (Å²) >= 11 is 1.03. The molecule has 4 rings (SSSR count). The quantitative estimate of drug-likeness (QED) is 0.436. The van der Waals surface area contributed by atoms with Gasteiger partial charge in [-0.1, -0.05) is 0 Å². The predicted octanol–water partition coefficient (Wildman–Crippen LogP) is 4.51. The number of alkyl halides is 6. The zero-order valence-electron chi connectivity index (χ0n) is 19.2. The first-order chi connectivity index (χ1) is 17.4. The van der Waals surface area contributed by atoms with E-state index >= 15 is 0 Å². The Hall–Kier alpha value is -3.33. The van der Waals surface area contributed by atoms with Crippen molar-refractivity contribution in [3.8, 4) is 5.88 Å². The highest BCUT2D eigenvalue weighted by Crippen LogP contribution is 2.28. The molecule has 0 aliphatic carbocycles. The van der Waals surface area contributed by atoms with Crippen molar-refractivity contribution in [3.05, 3.63) is 58.2 Å². The van der Waals surface area contributed by atoms with E-state index in [2.05, 4.69) is 24.6 Å². The van der Waals surface area contributed by atoms with Crippen LogP contribution in [0.1, 0.15) is 38.7 Å². The molecule has 0 bridgehead atoms. The third kappa shape index (κ3) is 7.13. The summed E-state index contributed by atoms with van der Waals surface area (Å²) in [6.07, 6.45) is -5.79. The molecule has 0 aromatic carbocycles. The molecule has 0 unspecified atom stereocenters. The smallest absolute Gasteiger partial charge is 0.434 e. The number of hydrogen-bond acceptors (Lipinski definition) is 8. The molecule has 0 spiro atoms. The van der Waals surface area contributed by atoms with Crippen molar-refractivity contribution in [1.29, 1.82) is 0 Å². The predicted molar refractivity (Wildman–Crippen MR) is 120 cm³/mol. The minimum atomic E-state index is -4.60. The van der Waals surface area contributed by atoms with Crippen LogP contribution < -0.4 is 10.1 Å². The fraction of sp³-hybridized carbons (Fsp3) is 0.409. The Kier molecular flexibility index (Phi) is 7.64. The molecule has 1 N–H and O–H groups in total. The number of carbonyl (C=O) groups excluding carboxylic acids is 1. The van der Waals surface area contributed by atoms with Crippen LogP contribution in [0.3, 0.4) is 0 Å². The van der Waals surface area contributed by atoms with Crippen LogP contribution in [0.2, 0.25) is 0 Å². The number of aryl methyl sites for hydroxylation is 1. The van der Waals surface area contributed by atoms with Crippen LogP contribution >= 0.6 is 11.5 Å². The van der Waals surface area contributed by atoms with Gasteiger partial charge in [-0.2, -0.15) is 30.7 Å². The minimum Gasteiger partial charge on any atom is -0.473 e. The van der Waals surface area contributed by atoms with Crippen LogP contribution in [0, 0.1) is 6.92 Å². The van der Waals surface area contributed by atoms with E-state index in [1.54, 1.807) is 13.0 Å². The molecule has 1 atom stereocenters. The van der Waals surface area contributed by atoms with Gasteiger partial charge in [0.05, 0.1) is 41.6 Å². The maximum absolute atomic E-state index is 12.9. The number of anilines is 1. The lowest BCUT2D eigenvalue weighted by Crippen LogP contribution is -2.33. The Morgan fingerprint density at radius 2 is 1.92 bits per heavy atom. The second kappa shape index (κ2) is 10.6. The van der Waals surface area contributed by atoms with Gasteiger partial charge in [-0.15, -0.1) is 0 Å². The lowest BCUT2D eigenvalue weighted by Gasteiger charge is -2.18. The summed E-state index contributed by atoms with van der Waals surface area (Å²) in [5, 5.41) is 2.69. The Labute approximate surface area is 210 Å². The number of likely N-dealkylation sites (tertiary alicyclic amines) is 1. The summed E-state index contributed by atoms with van der Waals surface area (Å²) in [6.45, 7) is 1.05. The fourth-order valence-electron chi connectivity index (χ4n) is 3.76. The van der Waals surface area contributed by atoms with E-state index < -0.39 is 36.6 Å². The maximum Gasteiger partial charge on any atom is 0.434 e. The summed E-state index contributed by atoms with van der Waals surface area (Å²) in [5.41, 5.74) is 0.182. The molecule has 1 amide bonds. The Morgan fingerprint density at radius 1 is 1.14 bits per heavy atom. The number of ether oxygens (including phenoxy) is 1. The summed E-state index contributed by atoms with van der Waals surface area (Å²) in [7, 11) is 0. The first kappa shape index (κ1) is 26.7. The van der Waals surface area contributed by atoms with Crippen molar-refractivity contribution in [2.75, 3.05) is 25.0 Å². The second-order valence-corrected chi connectivity index (χ2v) is 9.21. The van der Waals surface area contributed by atoms with Gasteiger partial charge in [-0.3, -0.25) is 14.7 Å². The van der Waals surface area contributed by atoms with Crippen LogP contribution in [0.15, 0.2) is 30.7 Å². The molecule has 8 nitrogen and oxygen atoms in total. The largest absolute Gasteiger partial charge is 0.473 e. The monoisotopic (exact) mass is 546 g/mol. The highest BCUT2D eigenvalue weighted by molar-refractivity contribution is 7.06. The Morgan fingerprint density at radius 3 is 2.54 bits per heavy atom. The van der Waals surface area contributed by atoms with Crippen molar-refractivity contribution < 1.29 is 35.9 Å². The van der Waals surface area contributed by atoms with Gasteiger partial charge in [0.2, 0.25) is 5.88 Å². The van der Waals surface area contributed by atoms with E-state index in [4.69, 9.17) is 4.74 Å². The van der Waals surface area contributed by atoms with Gasteiger partial charge in [0.15, 0.2) is 5.69 Å². The molecule has 1 fully saturated rings. The molecular weight excluding hydrogens is 526 g/mol. The van der Waals surface area contributed by atoms with Crippen molar-refractivity contribution in [1.82, 2.24) is 24.2 Å². The number of nitrogens with one attached hydrogen (secondary N) is 1. The lowest BCUT2D eigenvalue weighted by atomic mass is 10.1. The molecule has 1 aliphatic rings. The van der Waals surface area contributed by atoms with Crippen LogP contribution in [-0.4, -0.2) is 62.0 Å². The van der Waals surface area contributed by atoms with Crippen LogP contribution in [-0.2, 0) is 12.6 Å². The molecule has 4 heterocycles. The minimum absolute atomic E-state index is 0.0666. The summed E-state index contributed by atoms with van der Waals surface area (Å²) in [5.74, 6) is -0.276. The van der Waals surface area contributed by atoms with Gasteiger partial charge in [-0.25, -0.2) is 9.97 Å². The normalized spacial score (nSPS) is 16.7.